The molecule has 6 nitrogen and oxygen atoms in total. The Morgan fingerprint density at radius 3 is 0.787 bits per heavy atom. The first-order valence-corrected chi connectivity index (χ1v) is 32.4. The van der Waals surface area contributed by atoms with E-state index in [0.29, 0.717) is 19.3 Å². The molecule has 0 rings (SSSR count). The lowest BCUT2D eigenvalue weighted by Gasteiger charge is -2.18. The first-order chi connectivity index (χ1) is 37.0. The van der Waals surface area contributed by atoms with Crippen molar-refractivity contribution >= 4 is 17.9 Å². The molecular weight excluding hydrogens is 925 g/mol. The number of unbranched alkanes of at least 4 members (excludes halogenated alkanes) is 36. The second-order valence-electron chi connectivity index (χ2n) is 21.7. The van der Waals surface area contributed by atoms with Crippen molar-refractivity contribution in [1.29, 1.82) is 0 Å². The van der Waals surface area contributed by atoms with E-state index < -0.39 is 6.10 Å². The molecule has 0 aromatic carbocycles. The fraction of sp³-hybridized carbons (Fsp3) is 0.783. The molecule has 0 heterocycles. The lowest BCUT2D eigenvalue weighted by atomic mass is 10.1. The van der Waals surface area contributed by atoms with Gasteiger partial charge in [-0.2, -0.15) is 0 Å². The minimum absolute atomic E-state index is 0.0866. The van der Waals surface area contributed by atoms with E-state index in [2.05, 4.69) is 93.7 Å². The highest BCUT2D eigenvalue weighted by Crippen LogP contribution is 2.16. The zero-order valence-electron chi connectivity index (χ0n) is 49.8. The summed E-state index contributed by atoms with van der Waals surface area (Å²) in [7, 11) is 0. The van der Waals surface area contributed by atoms with E-state index in [4.69, 9.17) is 14.2 Å². The molecule has 1 atom stereocenters. The average molecular weight is 1050 g/mol. The molecule has 0 fully saturated rings. The molecular formula is C69H122O6. The van der Waals surface area contributed by atoms with Crippen molar-refractivity contribution in [3.63, 3.8) is 0 Å². The molecule has 434 valence electrons. The number of rotatable bonds is 59. The molecule has 0 radical (unpaired) electrons. The molecule has 6 heteroatoms. The Morgan fingerprint density at radius 1 is 0.267 bits per heavy atom. The molecule has 0 aromatic heterocycles. The summed E-state index contributed by atoms with van der Waals surface area (Å²) in [4.78, 5) is 38.3. The minimum Gasteiger partial charge on any atom is -0.462 e. The van der Waals surface area contributed by atoms with Crippen LogP contribution in [-0.2, 0) is 28.6 Å². The molecule has 0 aromatic rings. The van der Waals surface area contributed by atoms with Gasteiger partial charge in [-0.25, -0.2) is 0 Å². The van der Waals surface area contributed by atoms with Crippen LogP contribution in [0.1, 0.15) is 329 Å². The summed E-state index contributed by atoms with van der Waals surface area (Å²) in [5, 5.41) is 0. The Kier molecular flexibility index (Phi) is 60.7. The van der Waals surface area contributed by atoms with Crippen LogP contribution in [0.3, 0.4) is 0 Å². The summed E-state index contributed by atoms with van der Waals surface area (Å²) in [6.45, 7) is 6.61. The number of allylic oxidation sites excluding steroid dienone is 12. The summed E-state index contributed by atoms with van der Waals surface area (Å²) in [5.74, 6) is -0.899. The maximum absolute atomic E-state index is 12.9. The normalized spacial score (nSPS) is 12.5. The number of carbonyl (C=O) groups is 3. The van der Waals surface area contributed by atoms with Gasteiger partial charge < -0.3 is 14.2 Å². The first-order valence-electron chi connectivity index (χ1n) is 32.4. The molecule has 0 saturated heterocycles. The molecule has 0 aliphatic heterocycles. The Labute approximate surface area is 465 Å². The monoisotopic (exact) mass is 1050 g/mol. The van der Waals surface area contributed by atoms with E-state index in [9.17, 15) is 14.4 Å². The summed E-state index contributed by atoms with van der Waals surface area (Å²) < 4.78 is 16.9. The maximum Gasteiger partial charge on any atom is 0.306 e. The second-order valence-corrected chi connectivity index (χ2v) is 21.7. The number of ether oxygens (including phenoxy) is 3. The predicted octanol–water partition coefficient (Wildman–Crippen LogP) is 22.1. The largest absolute Gasteiger partial charge is 0.462 e. The third kappa shape index (κ3) is 61.6. The zero-order valence-corrected chi connectivity index (χ0v) is 49.8. The van der Waals surface area contributed by atoms with Gasteiger partial charge in [-0.3, -0.25) is 14.4 Å². The Hall–Kier alpha value is -3.15. The van der Waals surface area contributed by atoms with Crippen LogP contribution >= 0.6 is 0 Å². The average Bonchev–Trinajstić information content (AvgIpc) is 3.41. The minimum atomic E-state index is -0.789. The van der Waals surface area contributed by atoms with Gasteiger partial charge in [-0.15, -0.1) is 0 Å². The zero-order chi connectivity index (χ0) is 54.3. The Balaban J connectivity index is 4.39. The number of hydrogen-bond donors (Lipinski definition) is 0. The molecule has 0 amide bonds. The van der Waals surface area contributed by atoms with E-state index in [1.165, 1.54) is 193 Å². The standard InChI is InChI=1S/C69H122O6/c1-4-7-10-13-16-19-22-25-28-30-32-34-36-38-41-44-47-50-53-56-59-62-68(71)74-65-66(64-73-67(70)61-58-55-52-49-46-43-40-27-24-21-18-15-12-9-6-3)75-69(72)63-60-57-54-51-48-45-42-39-37-35-33-31-29-26-23-20-17-14-11-8-5-2/h18,21-22,25,27,30-33,36,38,40,66H,4-17,19-20,23-24,26,28-29,34-35,37,39,41-65H2,1-3H3/b21-18-,25-22-,32-30-,33-31-,38-36-,40-27-. The quantitative estimate of drug-likeness (QED) is 0.0261. The Bertz CT molecular complexity index is 1390. The van der Waals surface area contributed by atoms with Gasteiger partial charge in [0.05, 0.1) is 0 Å². The summed E-state index contributed by atoms with van der Waals surface area (Å²) >= 11 is 0. The van der Waals surface area contributed by atoms with Crippen molar-refractivity contribution < 1.29 is 28.6 Å². The summed E-state index contributed by atoms with van der Waals surface area (Å²) in [5.41, 5.74) is 0. The van der Waals surface area contributed by atoms with Crippen LogP contribution in [-0.4, -0.2) is 37.2 Å². The lowest BCUT2D eigenvalue weighted by Crippen LogP contribution is -2.30. The third-order valence-corrected chi connectivity index (χ3v) is 14.2. The van der Waals surface area contributed by atoms with Crippen LogP contribution in [0, 0.1) is 0 Å². The highest BCUT2D eigenvalue weighted by molar-refractivity contribution is 5.71. The highest BCUT2D eigenvalue weighted by atomic mass is 16.6. The SMILES string of the molecule is CCCCC/C=C\C/C=C\CCCCCCCC(=O)OCC(COC(=O)CCCCCCCC/C=C\C/C=C\C/C=C\CCCCCCC)OC(=O)CCCCCCCCCCC/C=C\CCCCCCCCCC. The van der Waals surface area contributed by atoms with Crippen molar-refractivity contribution in [2.24, 2.45) is 0 Å². The molecule has 0 N–H and O–H groups in total. The summed E-state index contributed by atoms with van der Waals surface area (Å²) in [6.07, 6.45) is 81.9. The molecule has 0 saturated carbocycles. The smallest absolute Gasteiger partial charge is 0.306 e. The van der Waals surface area contributed by atoms with E-state index in [0.717, 1.165) is 96.3 Å². The highest BCUT2D eigenvalue weighted by Gasteiger charge is 2.19. The first kappa shape index (κ1) is 71.8. The van der Waals surface area contributed by atoms with Gasteiger partial charge in [0.2, 0.25) is 0 Å². The van der Waals surface area contributed by atoms with E-state index >= 15 is 0 Å². The molecule has 0 aliphatic carbocycles. The van der Waals surface area contributed by atoms with Crippen molar-refractivity contribution in [2.75, 3.05) is 13.2 Å². The van der Waals surface area contributed by atoms with Gasteiger partial charge in [0.1, 0.15) is 13.2 Å². The van der Waals surface area contributed by atoms with Crippen molar-refractivity contribution in [1.82, 2.24) is 0 Å². The fourth-order valence-corrected chi connectivity index (χ4v) is 9.24. The van der Waals surface area contributed by atoms with E-state index in [-0.39, 0.29) is 31.1 Å². The molecule has 0 spiro atoms. The fourth-order valence-electron chi connectivity index (χ4n) is 9.24. The number of hydrogen-bond acceptors (Lipinski definition) is 6. The van der Waals surface area contributed by atoms with Gasteiger partial charge in [0.15, 0.2) is 6.10 Å². The molecule has 75 heavy (non-hydrogen) atoms. The van der Waals surface area contributed by atoms with Crippen molar-refractivity contribution in [2.45, 2.75) is 335 Å². The van der Waals surface area contributed by atoms with E-state index in [1.807, 2.05) is 0 Å². The van der Waals surface area contributed by atoms with Crippen LogP contribution in [0.2, 0.25) is 0 Å². The van der Waals surface area contributed by atoms with Crippen LogP contribution in [0.25, 0.3) is 0 Å². The van der Waals surface area contributed by atoms with Crippen molar-refractivity contribution in [3.05, 3.63) is 72.9 Å². The van der Waals surface area contributed by atoms with Crippen LogP contribution in [0.4, 0.5) is 0 Å². The van der Waals surface area contributed by atoms with Crippen LogP contribution in [0.5, 0.6) is 0 Å². The molecule has 0 bridgehead atoms. The lowest BCUT2D eigenvalue weighted by molar-refractivity contribution is -0.167. The third-order valence-electron chi connectivity index (χ3n) is 14.2. The second kappa shape index (κ2) is 63.4. The maximum atomic E-state index is 12.9. The van der Waals surface area contributed by atoms with Gasteiger partial charge in [0.25, 0.3) is 0 Å². The van der Waals surface area contributed by atoms with Crippen molar-refractivity contribution in [3.8, 4) is 0 Å². The van der Waals surface area contributed by atoms with Gasteiger partial charge >= 0.3 is 17.9 Å². The van der Waals surface area contributed by atoms with Gasteiger partial charge in [-0.05, 0) is 116 Å². The van der Waals surface area contributed by atoms with Crippen LogP contribution < -0.4 is 0 Å². The van der Waals surface area contributed by atoms with E-state index in [1.54, 1.807) is 0 Å². The number of carbonyl (C=O) groups excluding carboxylic acids is 3. The summed E-state index contributed by atoms with van der Waals surface area (Å²) in [6, 6.07) is 0. The number of esters is 3. The van der Waals surface area contributed by atoms with Gasteiger partial charge in [0, 0.05) is 19.3 Å². The van der Waals surface area contributed by atoms with Gasteiger partial charge in [-0.1, -0.05) is 267 Å². The molecule has 0 aliphatic rings. The Morgan fingerprint density at radius 2 is 0.480 bits per heavy atom. The van der Waals surface area contributed by atoms with Crippen LogP contribution in [0.15, 0.2) is 72.9 Å². The topological polar surface area (TPSA) is 78.9 Å². The molecule has 1 unspecified atom stereocenters. The predicted molar refractivity (Wildman–Crippen MR) is 325 cm³/mol.